The minimum Gasteiger partial charge on any atom is -0.316 e. The van der Waals surface area contributed by atoms with Crippen molar-refractivity contribution in [1.82, 2.24) is 9.55 Å². The number of benzene rings is 2. The van der Waals surface area contributed by atoms with Gasteiger partial charge < -0.3 is 9.30 Å². The molecule has 0 saturated heterocycles. The van der Waals surface area contributed by atoms with Crippen molar-refractivity contribution in [2.75, 3.05) is 6.61 Å². The lowest BCUT2D eigenvalue weighted by molar-refractivity contribution is -0.248. The van der Waals surface area contributed by atoms with Gasteiger partial charge in [0.2, 0.25) is 0 Å². The Balaban J connectivity index is 1.95. The maximum atomic E-state index is 14.5. The largest absolute Gasteiger partial charge is 0.401 e. The number of rotatable bonds is 4. The number of hydrogen-bond donors (Lipinski definition) is 0. The van der Waals surface area contributed by atoms with Crippen LogP contribution in [-0.2, 0) is 17.4 Å². The molecule has 140 valence electrons. The fourth-order valence-corrected chi connectivity index (χ4v) is 3.33. The van der Waals surface area contributed by atoms with Gasteiger partial charge in [0.25, 0.3) is 0 Å². The van der Waals surface area contributed by atoms with Gasteiger partial charge in [0.05, 0.1) is 30.2 Å². The number of nitrogens with zero attached hydrogens (tertiary/aromatic N) is 3. The van der Waals surface area contributed by atoms with Crippen LogP contribution < -0.4 is 0 Å². The van der Waals surface area contributed by atoms with Crippen LogP contribution >= 0.6 is 0 Å². The third-order valence-electron chi connectivity index (χ3n) is 4.58. The van der Waals surface area contributed by atoms with Crippen LogP contribution in [0.4, 0.5) is 8.78 Å². The topological polar surface area (TPSA) is 39.4 Å². The standard InChI is InChI=1S/C22H17F2N3O/c1-3-15-10-11-18-17(12-15)20(16-8-6-5-7-9-16)25-13-19-21(26-14-27(18)19)22(23,24)28-4-2/h1,5-12,14H,4,13H2,2H3. The van der Waals surface area contributed by atoms with Gasteiger partial charge >= 0.3 is 6.11 Å². The summed E-state index contributed by atoms with van der Waals surface area (Å²) in [7, 11) is 0. The van der Waals surface area contributed by atoms with Crippen molar-refractivity contribution in [2.45, 2.75) is 19.6 Å². The van der Waals surface area contributed by atoms with E-state index in [0.717, 1.165) is 11.1 Å². The summed E-state index contributed by atoms with van der Waals surface area (Å²) in [5.41, 5.74) is 3.60. The summed E-state index contributed by atoms with van der Waals surface area (Å²) in [5.74, 6) is 2.62. The Morgan fingerprint density at radius 1 is 1.21 bits per heavy atom. The lowest BCUT2D eigenvalue weighted by Crippen LogP contribution is -2.21. The quantitative estimate of drug-likeness (QED) is 0.637. The maximum absolute atomic E-state index is 14.5. The van der Waals surface area contributed by atoms with Gasteiger partial charge in [0.1, 0.15) is 6.33 Å². The number of alkyl halides is 2. The van der Waals surface area contributed by atoms with Crippen LogP contribution in [0, 0.1) is 12.3 Å². The predicted molar refractivity (Wildman–Crippen MR) is 103 cm³/mol. The van der Waals surface area contributed by atoms with Crippen molar-refractivity contribution >= 4 is 5.71 Å². The second kappa shape index (κ2) is 7.02. The lowest BCUT2D eigenvalue weighted by atomic mass is 9.98. The molecule has 2 heterocycles. The van der Waals surface area contributed by atoms with Gasteiger partial charge in [-0.25, -0.2) is 4.98 Å². The highest BCUT2D eigenvalue weighted by molar-refractivity contribution is 6.15. The molecule has 4 rings (SSSR count). The zero-order valence-corrected chi connectivity index (χ0v) is 15.2. The van der Waals surface area contributed by atoms with Gasteiger partial charge in [0, 0.05) is 16.7 Å². The molecule has 0 spiro atoms. The molecule has 3 aromatic rings. The molecule has 28 heavy (non-hydrogen) atoms. The number of ether oxygens (including phenoxy) is 1. The Labute approximate surface area is 161 Å². The van der Waals surface area contributed by atoms with Crippen molar-refractivity contribution in [3.05, 3.63) is 82.9 Å². The number of imidazole rings is 1. The first-order valence-electron chi connectivity index (χ1n) is 8.85. The molecule has 0 aliphatic carbocycles. The fraction of sp³-hybridized carbons (Fsp3) is 0.182. The highest BCUT2D eigenvalue weighted by Gasteiger charge is 2.39. The number of fused-ring (bicyclic) bond motifs is 3. The summed E-state index contributed by atoms with van der Waals surface area (Å²) in [6, 6.07) is 15.0. The summed E-state index contributed by atoms with van der Waals surface area (Å²) in [5, 5.41) is 0. The first-order valence-corrected chi connectivity index (χ1v) is 8.85. The van der Waals surface area contributed by atoms with E-state index in [4.69, 9.17) is 6.42 Å². The molecular formula is C22H17F2N3O. The molecule has 0 N–H and O–H groups in total. The highest BCUT2D eigenvalue weighted by atomic mass is 19.3. The van der Waals surface area contributed by atoms with Crippen LogP contribution in [0.1, 0.15) is 35.0 Å². The first kappa shape index (κ1) is 18.1. The summed E-state index contributed by atoms with van der Waals surface area (Å²) in [6.45, 7) is 1.44. The fourth-order valence-electron chi connectivity index (χ4n) is 3.33. The summed E-state index contributed by atoms with van der Waals surface area (Å²) in [4.78, 5) is 8.60. The van der Waals surface area contributed by atoms with Crippen molar-refractivity contribution in [3.8, 4) is 18.0 Å². The van der Waals surface area contributed by atoms with E-state index in [-0.39, 0.29) is 13.2 Å². The van der Waals surface area contributed by atoms with Crippen molar-refractivity contribution in [1.29, 1.82) is 0 Å². The number of aliphatic imine (C=N–C) groups is 1. The minimum atomic E-state index is -3.49. The van der Waals surface area contributed by atoms with Crippen molar-refractivity contribution in [2.24, 2.45) is 4.99 Å². The van der Waals surface area contributed by atoms with Gasteiger partial charge in [-0.15, -0.1) is 6.42 Å². The van der Waals surface area contributed by atoms with Crippen LogP contribution in [0.25, 0.3) is 5.69 Å². The number of aromatic nitrogens is 2. The lowest BCUT2D eigenvalue weighted by Gasteiger charge is -2.15. The molecule has 0 radical (unpaired) electrons. The van der Waals surface area contributed by atoms with Gasteiger partial charge in [-0.2, -0.15) is 8.78 Å². The number of terminal acetylenes is 1. The van der Waals surface area contributed by atoms with Crippen LogP contribution in [0.15, 0.2) is 59.9 Å². The monoisotopic (exact) mass is 377 g/mol. The van der Waals surface area contributed by atoms with Gasteiger partial charge in [-0.3, -0.25) is 4.99 Å². The van der Waals surface area contributed by atoms with Gasteiger partial charge in [-0.1, -0.05) is 36.3 Å². The summed E-state index contributed by atoms with van der Waals surface area (Å²) < 4.78 is 35.2. The second-order valence-corrected chi connectivity index (χ2v) is 6.27. The normalized spacial score (nSPS) is 13.1. The minimum absolute atomic E-state index is 0.0439. The third-order valence-corrected chi connectivity index (χ3v) is 4.58. The Hall–Kier alpha value is -3.30. The summed E-state index contributed by atoms with van der Waals surface area (Å²) in [6.07, 6.45) is 3.47. The van der Waals surface area contributed by atoms with E-state index in [1.54, 1.807) is 10.6 Å². The van der Waals surface area contributed by atoms with E-state index < -0.39 is 11.8 Å². The zero-order valence-electron chi connectivity index (χ0n) is 15.2. The van der Waals surface area contributed by atoms with E-state index in [1.165, 1.54) is 13.3 Å². The highest BCUT2D eigenvalue weighted by Crippen LogP contribution is 2.35. The SMILES string of the molecule is C#Cc1ccc2c(c1)C(c1ccccc1)=NCc1c(C(F)(F)OCC)ncn1-2. The van der Waals surface area contributed by atoms with Gasteiger partial charge in [0.15, 0.2) is 5.69 Å². The van der Waals surface area contributed by atoms with Crippen LogP contribution in [0.3, 0.4) is 0 Å². The molecule has 0 bridgehead atoms. The van der Waals surface area contributed by atoms with E-state index in [9.17, 15) is 8.78 Å². The molecule has 6 heteroatoms. The molecule has 0 atom stereocenters. The molecule has 1 aliphatic rings. The number of hydrogen-bond acceptors (Lipinski definition) is 3. The summed E-state index contributed by atoms with van der Waals surface area (Å²) >= 11 is 0. The first-order chi connectivity index (χ1) is 13.5. The van der Waals surface area contributed by atoms with E-state index in [2.05, 4.69) is 20.6 Å². The van der Waals surface area contributed by atoms with Gasteiger partial charge in [-0.05, 0) is 25.1 Å². The van der Waals surface area contributed by atoms with Crippen LogP contribution in [0.5, 0.6) is 0 Å². The average Bonchev–Trinajstić information content (AvgIpc) is 3.07. The number of halogens is 2. The molecule has 0 fully saturated rings. The molecule has 1 aromatic heterocycles. The average molecular weight is 377 g/mol. The van der Waals surface area contributed by atoms with E-state index in [1.807, 2.05) is 42.5 Å². The Morgan fingerprint density at radius 2 is 2.00 bits per heavy atom. The van der Waals surface area contributed by atoms with Crippen molar-refractivity contribution < 1.29 is 13.5 Å². The Bertz CT molecular complexity index is 1090. The zero-order chi connectivity index (χ0) is 19.7. The van der Waals surface area contributed by atoms with Crippen LogP contribution in [0.2, 0.25) is 0 Å². The third kappa shape index (κ3) is 3.00. The molecule has 0 unspecified atom stereocenters. The Kier molecular flexibility index (Phi) is 4.54. The molecule has 0 amide bonds. The molecule has 1 aliphatic heterocycles. The predicted octanol–water partition coefficient (Wildman–Crippen LogP) is 4.29. The van der Waals surface area contributed by atoms with Crippen molar-refractivity contribution in [3.63, 3.8) is 0 Å². The molecule has 4 nitrogen and oxygen atoms in total. The smallest absolute Gasteiger partial charge is 0.316 e. The van der Waals surface area contributed by atoms with E-state index >= 15 is 0 Å². The molecular weight excluding hydrogens is 360 g/mol. The van der Waals surface area contributed by atoms with E-state index in [0.29, 0.717) is 22.7 Å². The second-order valence-electron chi connectivity index (χ2n) is 6.27. The Morgan fingerprint density at radius 3 is 2.71 bits per heavy atom. The van der Waals surface area contributed by atoms with Crippen LogP contribution in [-0.4, -0.2) is 21.9 Å². The maximum Gasteiger partial charge on any atom is 0.401 e. The molecule has 0 saturated carbocycles. The molecule has 2 aromatic carbocycles.